The van der Waals surface area contributed by atoms with Crippen LogP contribution in [-0.2, 0) is 4.79 Å². The predicted octanol–water partition coefficient (Wildman–Crippen LogP) is 2.86. The highest BCUT2D eigenvalue weighted by Crippen LogP contribution is 2.01. The average Bonchev–Trinajstić information content (AvgIpc) is 2.30. The minimum atomic E-state index is -0.900. The number of aliphatic carboxylic acids is 1. The molecule has 0 rings (SSSR count). The lowest BCUT2D eigenvalue weighted by Gasteiger charge is -2.15. The maximum absolute atomic E-state index is 10.5. The second-order valence-electron chi connectivity index (χ2n) is 4.09. The maximum Gasteiger partial charge on any atom is 0.331 e. The second-order valence-corrected chi connectivity index (χ2v) is 4.09. The number of unbranched alkanes of at least 4 members (excludes halogenated alkanes) is 1. The van der Waals surface area contributed by atoms with Gasteiger partial charge >= 0.3 is 5.97 Å². The van der Waals surface area contributed by atoms with Crippen LogP contribution in [0.5, 0.6) is 0 Å². The zero-order valence-electron chi connectivity index (χ0n) is 10.7. The molecule has 0 radical (unpaired) electrons. The Kier molecular flexibility index (Phi) is 9.06. The molecule has 0 saturated heterocycles. The van der Waals surface area contributed by atoms with Crippen molar-refractivity contribution >= 4 is 5.97 Å². The Hall–Kier alpha value is -1.35. The summed E-state index contributed by atoms with van der Waals surface area (Å²) in [7, 11) is 1.99. The minimum Gasteiger partial charge on any atom is -0.478 e. The fraction of sp³-hybridized carbons (Fsp3) is 0.500. The van der Waals surface area contributed by atoms with E-state index in [9.17, 15) is 4.79 Å². The average molecular weight is 237 g/mol. The summed E-state index contributed by atoms with van der Waals surface area (Å²) in [5.41, 5.74) is 0.276. The first-order valence-corrected chi connectivity index (χ1v) is 5.93. The monoisotopic (exact) mass is 237 g/mol. The molecule has 0 aromatic heterocycles. The molecule has 0 saturated carbocycles. The summed E-state index contributed by atoms with van der Waals surface area (Å²) in [5.74, 6) is -0.900. The molecule has 0 bridgehead atoms. The molecule has 3 nitrogen and oxygen atoms in total. The predicted molar refractivity (Wildman–Crippen MR) is 72.1 cm³/mol. The molecule has 0 unspecified atom stereocenters. The summed E-state index contributed by atoms with van der Waals surface area (Å²) in [6.07, 6.45) is 9.80. The number of hydrogen-bond donors (Lipinski definition) is 1. The van der Waals surface area contributed by atoms with Crippen LogP contribution in [0.1, 0.15) is 25.7 Å². The van der Waals surface area contributed by atoms with Gasteiger partial charge in [0, 0.05) is 18.7 Å². The molecule has 96 valence electrons. The lowest BCUT2D eigenvalue weighted by Crippen LogP contribution is -2.21. The van der Waals surface area contributed by atoms with Crippen LogP contribution in [0.4, 0.5) is 0 Å². The molecule has 0 atom stereocenters. The Labute approximate surface area is 104 Å². The van der Waals surface area contributed by atoms with Gasteiger partial charge in [-0.2, -0.15) is 0 Å². The lowest BCUT2D eigenvalue weighted by molar-refractivity contribution is -0.132. The van der Waals surface area contributed by atoms with E-state index in [2.05, 4.69) is 30.2 Å². The Morgan fingerprint density at radius 1 is 1.24 bits per heavy atom. The Morgan fingerprint density at radius 2 is 1.88 bits per heavy atom. The van der Waals surface area contributed by atoms with Crippen molar-refractivity contribution in [1.82, 2.24) is 4.90 Å². The molecular formula is C14H23NO2. The van der Waals surface area contributed by atoms with Crippen molar-refractivity contribution in [1.29, 1.82) is 0 Å². The summed E-state index contributed by atoms with van der Waals surface area (Å²) < 4.78 is 0. The fourth-order valence-corrected chi connectivity index (χ4v) is 1.29. The first-order chi connectivity index (χ1) is 8.07. The standard InChI is InChI=1S/C14H23NO2/c1-4-5-6-7-8-9-11-15(3)12-10-13(2)14(16)17/h4,7-8H,1-2,5-6,9-12H2,3H3,(H,16,17). The second kappa shape index (κ2) is 9.85. The van der Waals surface area contributed by atoms with Crippen LogP contribution in [0, 0.1) is 0 Å². The zero-order chi connectivity index (χ0) is 13.1. The van der Waals surface area contributed by atoms with Crippen LogP contribution in [0.25, 0.3) is 0 Å². The molecule has 1 N–H and O–H groups in total. The first-order valence-electron chi connectivity index (χ1n) is 5.93. The van der Waals surface area contributed by atoms with Gasteiger partial charge in [-0.3, -0.25) is 0 Å². The van der Waals surface area contributed by atoms with Gasteiger partial charge in [0.2, 0.25) is 0 Å². The highest BCUT2D eigenvalue weighted by atomic mass is 16.4. The molecular weight excluding hydrogens is 214 g/mol. The topological polar surface area (TPSA) is 40.5 Å². The number of allylic oxidation sites excluding steroid dienone is 2. The van der Waals surface area contributed by atoms with Crippen molar-refractivity contribution in [3.8, 4) is 0 Å². The van der Waals surface area contributed by atoms with Gasteiger partial charge in [0.05, 0.1) is 0 Å². The summed E-state index contributed by atoms with van der Waals surface area (Å²) in [4.78, 5) is 12.7. The van der Waals surface area contributed by atoms with Gasteiger partial charge in [-0.05, 0) is 32.7 Å². The lowest BCUT2D eigenvalue weighted by atomic mass is 10.2. The van der Waals surface area contributed by atoms with E-state index in [4.69, 9.17) is 5.11 Å². The number of carboxylic acids is 1. The van der Waals surface area contributed by atoms with E-state index in [0.717, 1.165) is 32.4 Å². The van der Waals surface area contributed by atoms with E-state index >= 15 is 0 Å². The van der Waals surface area contributed by atoms with Gasteiger partial charge in [0.1, 0.15) is 0 Å². The van der Waals surface area contributed by atoms with E-state index in [1.807, 2.05) is 13.1 Å². The summed E-state index contributed by atoms with van der Waals surface area (Å²) in [6, 6.07) is 0. The minimum absolute atomic E-state index is 0.276. The Balaban J connectivity index is 3.55. The third kappa shape index (κ3) is 9.57. The van der Waals surface area contributed by atoms with Crippen LogP contribution < -0.4 is 0 Å². The van der Waals surface area contributed by atoms with Crippen molar-refractivity contribution < 1.29 is 9.90 Å². The van der Waals surface area contributed by atoms with E-state index in [-0.39, 0.29) is 5.57 Å². The molecule has 17 heavy (non-hydrogen) atoms. The Morgan fingerprint density at radius 3 is 2.47 bits per heavy atom. The van der Waals surface area contributed by atoms with E-state index in [0.29, 0.717) is 6.42 Å². The first kappa shape index (κ1) is 15.7. The molecule has 0 spiro atoms. The molecule has 0 aliphatic carbocycles. The fourth-order valence-electron chi connectivity index (χ4n) is 1.29. The third-order valence-corrected chi connectivity index (χ3v) is 2.48. The van der Waals surface area contributed by atoms with Crippen molar-refractivity contribution in [2.75, 3.05) is 20.1 Å². The molecule has 0 fully saturated rings. The van der Waals surface area contributed by atoms with Gasteiger partial charge < -0.3 is 10.0 Å². The number of nitrogens with zero attached hydrogens (tertiary/aromatic N) is 1. The molecule has 0 aliphatic heterocycles. The van der Waals surface area contributed by atoms with Crippen LogP contribution in [0.3, 0.4) is 0 Å². The molecule has 0 aliphatic rings. The van der Waals surface area contributed by atoms with Crippen molar-refractivity contribution in [2.45, 2.75) is 25.7 Å². The number of carbonyl (C=O) groups is 1. The molecule has 0 aromatic carbocycles. The molecule has 0 amide bonds. The SMILES string of the molecule is C=CCCC=CCCN(C)CCC(=C)C(=O)O. The van der Waals surface area contributed by atoms with Crippen molar-refractivity contribution in [3.63, 3.8) is 0 Å². The highest BCUT2D eigenvalue weighted by Gasteiger charge is 2.04. The van der Waals surface area contributed by atoms with Crippen LogP contribution in [0.2, 0.25) is 0 Å². The summed E-state index contributed by atoms with van der Waals surface area (Å²) >= 11 is 0. The van der Waals surface area contributed by atoms with Crippen molar-refractivity contribution in [2.24, 2.45) is 0 Å². The molecule has 3 heteroatoms. The normalized spacial score (nSPS) is 10.9. The number of hydrogen-bond acceptors (Lipinski definition) is 2. The van der Waals surface area contributed by atoms with Crippen LogP contribution in [0.15, 0.2) is 37.0 Å². The van der Waals surface area contributed by atoms with Gasteiger partial charge in [0.15, 0.2) is 0 Å². The summed E-state index contributed by atoms with van der Waals surface area (Å²) in [5, 5.41) is 8.65. The van der Waals surface area contributed by atoms with Gasteiger partial charge in [0.25, 0.3) is 0 Å². The number of rotatable bonds is 10. The van der Waals surface area contributed by atoms with Gasteiger partial charge in [-0.15, -0.1) is 6.58 Å². The third-order valence-electron chi connectivity index (χ3n) is 2.48. The largest absolute Gasteiger partial charge is 0.478 e. The highest BCUT2D eigenvalue weighted by molar-refractivity contribution is 5.85. The smallest absolute Gasteiger partial charge is 0.331 e. The zero-order valence-corrected chi connectivity index (χ0v) is 10.7. The van der Waals surface area contributed by atoms with Crippen molar-refractivity contribution in [3.05, 3.63) is 37.0 Å². The number of carboxylic acid groups (broad SMARTS) is 1. The Bertz CT molecular complexity index is 282. The van der Waals surface area contributed by atoms with Gasteiger partial charge in [-0.25, -0.2) is 4.79 Å². The molecule has 0 aromatic rings. The van der Waals surface area contributed by atoms with E-state index < -0.39 is 5.97 Å². The van der Waals surface area contributed by atoms with Crippen LogP contribution in [-0.4, -0.2) is 36.1 Å². The quantitative estimate of drug-likeness (QED) is 0.361. The van der Waals surface area contributed by atoms with E-state index in [1.54, 1.807) is 0 Å². The van der Waals surface area contributed by atoms with E-state index in [1.165, 1.54) is 0 Å². The maximum atomic E-state index is 10.5. The molecule has 0 heterocycles. The summed E-state index contributed by atoms with van der Waals surface area (Å²) in [6.45, 7) is 8.85. The van der Waals surface area contributed by atoms with Crippen LogP contribution >= 0.6 is 0 Å². The van der Waals surface area contributed by atoms with Gasteiger partial charge in [-0.1, -0.05) is 24.8 Å².